The summed E-state index contributed by atoms with van der Waals surface area (Å²) in [6.45, 7) is 1.71. The van der Waals surface area contributed by atoms with Gasteiger partial charge in [0.1, 0.15) is 12.4 Å². The van der Waals surface area contributed by atoms with E-state index in [1.165, 1.54) is 12.1 Å². The SMILES string of the molecule is CC(O)COc1c(Br)cc([N+](=O)[O-])cc1Br. The van der Waals surface area contributed by atoms with Crippen molar-refractivity contribution in [2.24, 2.45) is 0 Å². The standard InChI is InChI=1S/C9H9Br2NO4/c1-5(13)4-16-9-7(10)2-6(12(14)15)3-8(9)11/h2-3,5,13H,4H2,1H3. The molecule has 16 heavy (non-hydrogen) atoms. The Morgan fingerprint density at radius 1 is 1.50 bits per heavy atom. The van der Waals surface area contributed by atoms with E-state index in [0.717, 1.165) is 0 Å². The van der Waals surface area contributed by atoms with Crippen LogP contribution in [0.4, 0.5) is 5.69 Å². The van der Waals surface area contributed by atoms with Crippen molar-refractivity contribution in [3.63, 3.8) is 0 Å². The minimum Gasteiger partial charge on any atom is -0.489 e. The Morgan fingerprint density at radius 2 is 2.00 bits per heavy atom. The molecule has 0 aliphatic carbocycles. The predicted octanol–water partition coefficient (Wildman–Crippen LogP) is 2.88. The molecule has 88 valence electrons. The molecule has 5 nitrogen and oxygen atoms in total. The molecule has 0 amide bonds. The summed E-state index contributed by atoms with van der Waals surface area (Å²) < 4.78 is 6.23. The first kappa shape index (κ1) is 13.4. The molecule has 0 aliphatic heterocycles. The second-order valence-corrected chi connectivity index (χ2v) is 4.86. The fraction of sp³-hybridized carbons (Fsp3) is 0.333. The van der Waals surface area contributed by atoms with Gasteiger partial charge in [-0.15, -0.1) is 0 Å². The van der Waals surface area contributed by atoms with Crippen LogP contribution < -0.4 is 4.74 Å². The Balaban J connectivity index is 2.98. The summed E-state index contributed by atoms with van der Waals surface area (Å²) in [6.07, 6.45) is -0.603. The van der Waals surface area contributed by atoms with Crippen molar-refractivity contribution in [3.05, 3.63) is 31.2 Å². The van der Waals surface area contributed by atoms with Gasteiger partial charge < -0.3 is 9.84 Å². The van der Waals surface area contributed by atoms with E-state index in [-0.39, 0.29) is 12.3 Å². The van der Waals surface area contributed by atoms with Gasteiger partial charge in [0.2, 0.25) is 0 Å². The molecule has 0 aliphatic rings. The van der Waals surface area contributed by atoms with Gasteiger partial charge >= 0.3 is 0 Å². The van der Waals surface area contributed by atoms with E-state index in [1.807, 2.05) is 0 Å². The summed E-state index contributed by atoms with van der Waals surface area (Å²) in [6, 6.07) is 2.70. The molecule has 1 unspecified atom stereocenters. The Labute approximate surface area is 109 Å². The minimum atomic E-state index is -0.603. The third-order valence-electron chi connectivity index (χ3n) is 1.66. The summed E-state index contributed by atoms with van der Waals surface area (Å²) in [5.41, 5.74) is -0.0388. The first-order chi connectivity index (χ1) is 7.41. The molecule has 1 atom stereocenters. The summed E-state index contributed by atoms with van der Waals surface area (Å²) in [7, 11) is 0. The molecule has 1 aromatic rings. The quantitative estimate of drug-likeness (QED) is 0.666. The molecule has 0 bridgehead atoms. The number of hydrogen-bond acceptors (Lipinski definition) is 4. The van der Waals surface area contributed by atoms with Crippen molar-refractivity contribution in [2.45, 2.75) is 13.0 Å². The van der Waals surface area contributed by atoms with E-state index in [2.05, 4.69) is 31.9 Å². The number of nitro benzene ring substituents is 1. The molecule has 7 heteroatoms. The van der Waals surface area contributed by atoms with Crippen LogP contribution in [0.15, 0.2) is 21.1 Å². The monoisotopic (exact) mass is 353 g/mol. The number of benzene rings is 1. The first-order valence-electron chi connectivity index (χ1n) is 4.36. The fourth-order valence-electron chi connectivity index (χ4n) is 0.994. The van der Waals surface area contributed by atoms with Crippen molar-refractivity contribution in [1.29, 1.82) is 0 Å². The number of non-ortho nitro benzene ring substituents is 1. The summed E-state index contributed by atoms with van der Waals surface area (Å²) in [4.78, 5) is 10.1. The highest BCUT2D eigenvalue weighted by Gasteiger charge is 2.15. The molecule has 0 saturated heterocycles. The topological polar surface area (TPSA) is 72.6 Å². The third-order valence-corrected chi connectivity index (χ3v) is 2.84. The maximum atomic E-state index is 10.6. The summed E-state index contributed by atoms with van der Waals surface area (Å²) in [5, 5.41) is 19.6. The zero-order chi connectivity index (χ0) is 12.3. The molecule has 1 rings (SSSR count). The molecule has 0 aromatic heterocycles. The summed E-state index contributed by atoms with van der Waals surface area (Å²) >= 11 is 6.35. The van der Waals surface area contributed by atoms with E-state index in [9.17, 15) is 10.1 Å². The van der Waals surface area contributed by atoms with Gasteiger partial charge in [-0.1, -0.05) is 0 Å². The lowest BCUT2D eigenvalue weighted by molar-refractivity contribution is -0.385. The van der Waals surface area contributed by atoms with E-state index in [1.54, 1.807) is 6.92 Å². The number of rotatable bonds is 4. The van der Waals surface area contributed by atoms with Crippen LogP contribution in [-0.4, -0.2) is 22.7 Å². The second kappa shape index (κ2) is 5.60. The van der Waals surface area contributed by atoms with Crippen LogP contribution in [0.3, 0.4) is 0 Å². The number of hydrogen-bond donors (Lipinski definition) is 1. The van der Waals surface area contributed by atoms with Gasteiger partial charge in [-0.3, -0.25) is 10.1 Å². The zero-order valence-electron chi connectivity index (χ0n) is 8.31. The molecular formula is C9H9Br2NO4. The van der Waals surface area contributed by atoms with Crippen LogP contribution in [0.2, 0.25) is 0 Å². The predicted molar refractivity (Wildman–Crippen MR) is 65.7 cm³/mol. The van der Waals surface area contributed by atoms with Crippen LogP contribution in [0, 0.1) is 10.1 Å². The van der Waals surface area contributed by atoms with E-state index in [0.29, 0.717) is 14.7 Å². The maximum absolute atomic E-state index is 10.6. The van der Waals surface area contributed by atoms with Crippen molar-refractivity contribution in [2.75, 3.05) is 6.61 Å². The van der Waals surface area contributed by atoms with Gasteiger partial charge in [0.25, 0.3) is 5.69 Å². The van der Waals surface area contributed by atoms with E-state index < -0.39 is 11.0 Å². The summed E-state index contributed by atoms with van der Waals surface area (Å²) in [5.74, 6) is 0.437. The Kier molecular flexibility index (Phi) is 4.69. The van der Waals surface area contributed by atoms with Crippen LogP contribution in [-0.2, 0) is 0 Å². The first-order valence-corrected chi connectivity index (χ1v) is 5.94. The zero-order valence-corrected chi connectivity index (χ0v) is 11.5. The largest absolute Gasteiger partial charge is 0.489 e. The van der Waals surface area contributed by atoms with Gasteiger partial charge in [0, 0.05) is 12.1 Å². The molecular weight excluding hydrogens is 346 g/mol. The van der Waals surface area contributed by atoms with Crippen molar-refractivity contribution < 1.29 is 14.8 Å². The van der Waals surface area contributed by atoms with E-state index >= 15 is 0 Å². The third kappa shape index (κ3) is 3.43. The number of aliphatic hydroxyl groups excluding tert-OH is 1. The molecule has 1 N–H and O–H groups in total. The van der Waals surface area contributed by atoms with Crippen LogP contribution >= 0.6 is 31.9 Å². The normalized spacial score (nSPS) is 12.2. The highest BCUT2D eigenvalue weighted by Crippen LogP contribution is 2.37. The number of nitro groups is 1. The van der Waals surface area contributed by atoms with Gasteiger partial charge in [0.15, 0.2) is 0 Å². The fourth-order valence-corrected chi connectivity index (χ4v) is 2.38. The lowest BCUT2D eigenvalue weighted by atomic mass is 10.3. The van der Waals surface area contributed by atoms with Crippen molar-refractivity contribution in [1.82, 2.24) is 0 Å². The van der Waals surface area contributed by atoms with Gasteiger partial charge in [-0.25, -0.2) is 0 Å². The maximum Gasteiger partial charge on any atom is 0.271 e. The van der Waals surface area contributed by atoms with Gasteiger partial charge in [-0.05, 0) is 38.8 Å². The van der Waals surface area contributed by atoms with Gasteiger partial charge in [-0.2, -0.15) is 0 Å². The Morgan fingerprint density at radius 3 is 2.38 bits per heavy atom. The minimum absolute atomic E-state index is 0.0388. The lowest BCUT2D eigenvalue weighted by Crippen LogP contribution is -2.13. The Bertz CT molecular complexity index is 385. The molecule has 0 saturated carbocycles. The van der Waals surface area contributed by atoms with Crippen LogP contribution in [0.5, 0.6) is 5.75 Å². The van der Waals surface area contributed by atoms with Gasteiger partial charge in [0.05, 0.1) is 20.0 Å². The second-order valence-electron chi connectivity index (χ2n) is 3.16. The van der Waals surface area contributed by atoms with Crippen molar-refractivity contribution in [3.8, 4) is 5.75 Å². The highest BCUT2D eigenvalue weighted by atomic mass is 79.9. The molecule has 0 radical (unpaired) electrons. The molecule has 0 fully saturated rings. The average molecular weight is 355 g/mol. The number of nitrogens with zero attached hydrogens (tertiary/aromatic N) is 1. The van der Waals surface area contributed by atoms with Crippen molar-refractivity contribution >= 4 is 37.5 Å². The molecule has 0 spiro atoms. The number of ether oxygens (including phenoxy) is 1. The van der Waals surface area contributed by atoms with Crippen LogP contribution in [0.25, 0.3) is 0 Å². The number of halogens is 2. The smallest absolute Gasteiger partial charge is 0.271 e. The average Bonchev–Trinajstić information content (AvgIpc) is 2.15. The lowest BCUT2D eigenvalue weighted by Gasteiger charge is -2.11. The molecule has 0 heterocycles. The number of aliphatic hydroxyl groups is 1. The Hall–Kier alpha value is -0.660. The van der Waals surface area contributed by atoms with Crippen LogP contribution in [0.1, 0.15) is 6.92 Å². The van der Waals surface area contributed by atoms with E-state index in [4.69, 9.17) is 9.84 Å². The highest BCUT2D eigenvalue weighted by molar-refractivity contribution is 9.11. The molecule has 1 aromatic carbocycles.